The molecule has 0 spiro atoms. The van der Waals surface area contributed by atoms with E-state index in [-0.39, 0.29) is 19.4 Å². The van der Waals surface area contributed by atoms with Crippen molar-refractivity contribution in [3.63, 3.8) is 0 Å². The summed E-state index contributed by atoms with van der Waals surface area (Å²) in [5.41, 5.74) is 0. The van der Waals surface area contributed by atoms with Crippen LogP contribution >= 0.6 is 7.82 Å². The molecule has 0 bridgehead atoms. The number of hydrogen-bond donors (Lipinski definition) is 2. The van der Waals surface area contributed by atoms with Gasteiger partial charge in [-0.05, 0) is 32.1 Å². The van der Waals surface area contributed by atoms with E-state index < -0.39 is 32.5 Å². The van der Waals surface area contributed by atoms with Crippen LogP contribution in [-0.4, -0.2) is 41.0 Å². The number of phosphoric acid groups is 1. The number of carbonyl (C=O) groups is 2. The topological polar surface area (TPSA) is 119 Å². The van der Waals surface area contributed by atoms with Crippen LogP contribution in [0.4, 0.5) is 0 Å². The van der Waals surface area contributed by atoms with Crippen LogP contribution in [0.5, 0.6) is 0 Å². The van der Waals surface area contributed by atoms with Crippen LogP contribution in [0, 0.1) is 0 Å². The van der Waals surface area contributed by atoms with Crippen LogP contribution in [-0.2, 0) is 28.2 Å². The molecule has 0 aromatic heterocycles. The summed E-state index contributed by atoms with van der Waals surface area (Å²) in [5, 5.41) is 0. The van der Waals surface area contributed by atoms with Crippen molar-refractivity contribution in [3.05, 3.63) is 12.2 Å². The van der Waals surface area contributed by atoms with Gasteiger partial charge in [-0.25, -0.2) is 4.57 Å². The highest BCUT2D eigenvalue weighted by Crippen LogP contribution is 2.35. The first-order chi connectivity index (χ1) is 16.3. The zero-order valence-corrected chi connectivity index (χ0v) is 22.1. The molecule has 0 fully saturated rings. The third-order valence-corrected chi connectivity index (χ3v) is 5.77. The molecule has 1 atom stereocenters. The lowest BCUT2D eigenvalue weighted by atomic mass is 10.1. The molecule has 0 saturated carbocycles. The van der Waals surface area contributed by atoms with Gasteiger partial charge in [0.05, 0.1) is 6.61 Å². The lowest BCUT2D eigenvalue weighted by Gasteiger charge is -2.18. The van der Waals surface area contributed by atoms with E-state index in [0.29, 0.717) is 6.42 Å². The molecule has 0 heterocycles. The fourth-order valence-electron chi connectivity index (χ4n) is 3.29. The number of carbonyl (C=O) groups excluding carboxylic acids is 2. The van der Waals surface area contributed by atoms with Crippen molar-refractivity contribution in [1.82, 2.24) is 0 Å². The van der Waals surface area contributed by atoms with Gasteiger partial charge in [0.2, 0.25) is 0 Å². The lowest BCUT2D eigenvalue weighted by molar-refractivity contribution is -0.161. The SMILES string of the molecule is CCCC/C=C\CCCCCCCC(=O)OC(COC(=O)CCCCCCC)COP(=O)(O)O. The van der Waals surface area contributed by atoms with E-state index in [2.05, 4.69) is 30.5 Å². The summed E-state index contributed by atoms with van der Waals surface area (Å²) in [6, 6.07) is 0. The predicted octanol–water partition coefficient (Wildman–Crippen LogP) is 6.39. The Balaban J connectivity index is 4.12. The van der Waals surface area contributed by atoms with E-state index in [1.54, 1.807) is 0 Å². The largest absolute Gasteiger partial charge is 0.469 e. The number of allylic oxidation sites excluding steroid dienone is 2. The summed E-state index contributed by atoms with van der Waals surface area (Å²) < 4.78 is 25.8. The minimum absolute atomic E-state index is 0.203. The van der Waals surface area contributed by atoms with Crippen molar-refractivity contribution in [3.8, 4) is 0 Å². The quantitative estimate of drug-likeness (QED) is 0.0708. The van der Waals surface area contributed by atoms with E-state index in [1.807, 2.05) is 0 Å². The van der Waals surface area contributed by atoms with Crippen LogP contribution in [0.1, 0.15) is 117 Å². The molecule has 0 aliphatic heterocycles. The molecule has 0 aliphatic rings. The van der Waals surface area contributed by atoms with Gasteiger partial charge in [0.15, 0.2) is 6.10 Å². The van der Waals surface area contributed by atoms with Gasteiger partial charge in [-0.15, -0.1) is 0 Å². The number of hydrogen-bond acceptors (Lipinski definition) is 6. The molecule has 200 valence electrons. The van der Waals surface area contributed by atoms with E-state index >= 15 is 0 Å². The fourth-order valence-corrected chi connectivity index (χ4v) is 3.65. The van der Waals surface area contributed by atoms with Gasteiger partial charge in [0.25, 0.3) is 0 Å². The third-order valence-electron chi connectivity index (χ3n) is 5.28. The summed E-state index contributed by atoms with van der Waals surface area (Å²) >= 11 is 0. The highest BCUT2D eigenvalue weighted by atomic mass is 31.2. The van der Waals surface area contributed by atoms with Gasteiger partial charge in [0, 0.05) is 12.8 Å². The Morgan fingerprint density at radius 1 is 0.735 bits per heavy atom. The molecule has 1 unspecified atom stereocenters. The molecule has 0 aromatic carbocycles. The van der Waals surface area contributed by atoms with E-state index in [0.717, 1.165) is 70.6 Å². The second-order valence-corrected chi connectivity index (χ2v) is 9.90. The van der Waals surface area contributed by atoms with Crippen molar-refractivity contribution < 1.29 is 37.9 Å². The van der Waals surface area contributed by atoms with Crippen molar-refractivity contribution >= 4 is 19.8 Å². The van der Waals surface area contributed by atoms with Crippen molar-refractivity contribution in [2.75, 3.05) is 13.2 Å². The van der Waals surface area contributed by atoms with Gasteiger partial charge in [0.1, 0.15) is 6.61 Å². The normalized spacial score (nSPS) is 12.7. The maximum atomic E-state index is 12.1. The number of unbranched alkanes of at least 4 members (excludes halogenated alkanes) is 11. The molecular weight excluding hydrogens is 459 g/mol. The number of rotatable bonds is 23. The Hall–Kier alpha value is -1.21. The maximum Gasteiger partial charge on any atom is 0.469 e. The first-order valence-electron chi connectivity index (χ1n) is 13.0. The van der Waals surface area contributed by atoms with Gasteiger partial charge >= 0.3 is 19.8 Å². The minimum atomic E-state index is -4.72. The van der Waals surface area contributed by atoms with Crippen LogP contribution < -0.4 is 0 Å². The Labute approximate surface area is 206 Å². The van der Waals surface area contributed by atoms with E-state index in [1.165, 1.54) is 12.8 Å². The van der Waals surface area contributed by atoms with Crippen LogP contribution in [0.25, 0.3) is 0 Å². The second kappa shape index (κ2) is 22.3. The molecule has 0 aliphatic carbocycles. The monoisotopic (exact) mass is 506 g/mol. The average molecular weight is 507 g/mol. The van der Waals surface area contributed by atoms with Crippen LogP contribution in [0.3, 0.4) is 0 Å². The third kappa shape index (κ3) is 23.9. The van der Waals surface area contributed by atoms with Gasteiger partial charge < -0.3 is 19.3 Å². The molecular formula is C25H47O8P. The lowest BCUT2D eigenvalue weighted by Crippen LogP contribution is -2.29. The van der Waals surface area contributed by atoms with Crippen molar-refractivity contribution in [2.45, 2.75) is 123 Å². The Bertz CT molecular complexity index is 587. The molecule has 0 amide bonds. The van der Waals surface area contributed by atoms with Gasteiger partial charge in [-0.2, -0.15) is 0 Å². The second-order valence-electron chi connectivity index (χ2n) is 8.67. The Kier molecular flexibility index (Phi) is 21.5. The van der Waals surface area contributed by atoms with Crippen molar-refractivity contribution in [1.29, 1.82) is 0 Å². The average Bonchev–Trinajstić information content (AvgIpc) is 2.78. The molecule has 0 rings (SSSR count). The fraction of sp³-hybridized carbons (Fsp3) is 0.840. The summed E-state index contributed by atoms with van der Waals surface area (Å²) in [5.74, 6) is -0.914. The zero-order valence-electron chi connectivity index (χ0n) is 21.3. The van der Waals surface area contributed by atoms with Crippen molar-refractivity contribution in [2.24, 2.45) is 0 Å². The number of ether oxygens (including phenoxy) is 2. The zero-order chi connectivity index (χ0) is 25.5. The molecule has 34 heavy (non-hydrogen) atoms. The standard InChI is InChI=1S/C25H47O8P/c1-3-5-7-9-10-11-12-13-14-16-18-20-25(27)33-23(22-32-34(28,29)30)21-31-24(26)19-17-15-8-6-4-2/h9-10,23H,3-8,11-22H2,1-2H3,(H2,28,29,30)/b10-9-. The molecule has 9 heteroatoms. The van der Waals surface area contributed by atoms with E-state index in [4.69, 9.17) is 19.3 Å². The molecule has 0 radical (unpaired) electrons. The molecule has 0 aromatic rings. The summed E-state index contributed by atoms with van der Waals surface area (Å²) in [4.78, 5) is 41.9. The first-order valence-corrected chi connectivity index (χ1v) is 14.5. The van der Waals surface area contributed by atoms with Gasteiger partial charge in [-0.3, -0.25) is 14.1 Å². The number of esters is 2. The first kappa shape index (κ1) is 32.8. The highest BCUT2D eigenvalue weighted by molar-refractivity contribution is 7.46. The Morgan fingerprint density at radius 2 is 1.26 bits per heavy atom. The maximum absolute atomic E-state index is 12.1. The minimum Gasteiger partial charge on any atom is -0.462 e. The molecule has 0 saturated heterocycles. The number of phosphoric ester groups is 1. The Morgan fingerprint density at radius 3 is 1.88 bits per heavy atom. The van der Waals surface area contributed by atoms with E-state index in [9.17, 15) is 14.2 Å². The summed E-state index contributed by atoms with van der Waals surface area (Å²) in [7, 11) is -4.72. The predicted molar refractivity (Wildman–Crippen MR) is 133 cm³/mol. The molecule has 2 N–H and O–H groups in total. The molecule has 8 nitrogen and oxygen atoms in total. The summed E-state index contributed by atoms with van der Waals surface area (Å²) in [6.07, 6.45) is 18.4. The highest BCUT2D eigenvalue weighted by Gasteiger charge is 2.22. The van der Waals surface area contributed by atoms with Crippen LogP contribution in [0.2, 0.25) is 0 Å². The summed E-state index contributed by atoms with van der Waals surface area (Å²) in [6.45, 7) is 3.48. The smallest absolute Gasteiger partial charge is 0.462 e. The van der Waals surface area contributed by atoms with Crippen LogP contribution in [0.15, 0.2) is 12.2 Å². The van der Waals surface area contributed by atoms with Gasteiger partial charge in [-0.1, -0.05) is 83.8 Å².